The predicted octanol–water partition coefficient (Wildman–Crippen LogP) is 6.17. The van der Waals surface area contributed by atoms with Gasteiger partial charge in [0.05, 0.1) is 22.3 Å². The maximum atomic E-state index is 13.7. The van der Waals surface area contributed by atoms with E-state index < -0.39 is 47.4 Å². The molecule has 1 saturated carbocycles. The van der Waals surface area contributed by atoms with Gasteiger partial charge in [-0.05, 0) is 118 Å². The van der Waals surface area contributed by atoms with Crippen molar-refractivity contribution in [2.75, 3.05) is 7.05 Å². The highest BCUT2D eigenvalue weighted by molar-refractivity contribution is 7.76. The van der Waals surface area contributed by atoms with Crippen LogP contribution >= 0.6 is 0 Å². The molecule has 2 unspecified atom stereocenters. The van der Waals surface area contributed by atoms with Gasteiger partial charge in [0.15, 0.2) is 0 Å². The number of fused-ring (bicyclic) bond motifs is 1. The molecule has 0 spiro atoms. The Morgan fingerprint density at radius 3 is 2.27 bits per heavy atom. The molecule has 2 heterocycles. The van der Waals surface area contributed by atoms with Gasteiger partial charge in [-0.2, -0.15) is 4.31 Å². The largest absolute Gasteiger partial charge is 0.495 e. The Bertz CT molecular complexity index is 1920. The lowest BCUT2D eigenvalue weighted by Crippen LogP contribution is -2.41. The maximum absolute atomic E-state index is 13.7. The summed E-state index contributed by atoms with van der Waals surface area (Å²) in [6, 6.07) is 13.6. The molecule has 3 N–H and O–H groups in total. The third-order valence-electron chi connectivity index (χ3n) is 9.78. The molecule has 1 aliphatic carbocycles. The monoisotopic (exact) mass is 676 g/mol. The zero-order valence-electron chi connectivity index (χ0n) is 27.6. The van der Waals surface area contributed by atoms with Crippen molar-refractivity contribution in [3.05, 3.63) is 88.2 Å². The molecular formula is C35H38BFN2O8S. The summed E-state index contributed by atoms with van der Waals surface area (Å²) in [5, 5.41) is 13.4. The molecule has 1 amide bonds. The number of rotatable bonds is 10. The standard InChI is InChI=1S/C35H38BFN2O8S/c1-19(22-11-14-28(26(15-22)33(41)42)36-46-34(2,3)35(4,5)47-36)39(48(43)44)18-23-16-29-27(17-25(23)20-7-8-20)30(32(40)38-6)31(45-29)21-9-12-24(37)13-10-21/h9-17,19-20H,7-8,18H2,1-6H3,(H,38,40)(H,41,42)(H,43,44). The number of halogens is 1. The molecule has 4 aromatic rings. The number of carbonyl (C=O) groups excluding carboxylic acids is 1. The minimum absolute atomic E-state index is 0.0211. The fraction of sp³-hybridized carbons (Fsp3) is 0.371. The van der Waals surface area contributed by atoms with Gasteiger partial charge in [0, 0.05) is 30.6 Å². The molecule has 1 aromatic heterocycles. The first kappa shape index (κ1) is 34.0. The third kappa shape index (κ3) is 6.21. The number of carbonyl (C=O) groups is 2. The van der Waals surface area contributed by atoms with Crippen molar-refractivity contribution in [3.8, 4) is 11.3 Å². The Hall–Kier alpha value is -3.88. The Balaban J connectivity index is 1.38. The molecule has 2 fully saturated rings. The molecule has 10 nitrogen and oxygen atoms in total. The van der Waals surface area contributed by atoms with Crippen molar-refractivity contribution < 1.29 is 41.6 Å². The van der Waals surface area contributed by atoms with Crippen molar-refractivity contribution in [2.24, 2.45) is 0 Å². The number of amides is 1. The van der Waals surface area contributed by atoms with E-state index in [4.69, 9.17) is 13.7 Å². The van der Waals surface area contributed by atoms with E-state index in [1.165, 1.54) is 29.6 Å². The average Bonchev–Trinajstić information content (AvgIpc) is 3.77. The van der Waals surface area contributed by atoms with E-state index in [1.54, 1.807) is 37.3 Å². The Kier molecular flexibility index (Phi) is 8.88. The summed E-state index contributed by atoms with van der Waals surface area (Å²) in [5.74, 6) is -1.45. The lowest BCUT2D eigenvalue weighted by atomic mass is 9.75. The van der Waals surface area contributed by atoms with Gasteiger partial charge < -0.3 is 24.1 Å². The second-order valence-electron chi connectivity index (χ2n) is 13.4. The van der Waals surface area contributed by atoms with E-state index in [2.05, 4.69) is 5.32 Å². The number of furan rings is 1. The summed E-state index contributed by atoms with van der Waals surface area (Å²) in [6.07, 6.45) is 1.85. The second-order valence-corrected chi connectivity index (χ2v) is 14.4. The Labute approximate surface area is 281 Å². The van der Waals surface area contributed by atoms with Crippen LogP contribution in [-0.2, 0) is 27.1 Å². The fourth-order valence-corrected chi connectivity index (χ4v) is 6.77. The fourth-order valence-electron chi connectivity index (χ4n) is 6.12. The van der Waals surface area contributed by atoms with Gasteiger partial charge in [0.25, 0.3) is 5.91 Å². The Morgan fingerprint density at radius 1 is 1.06 bits per heavy atom. The third-order valence-corrected chi connectivity index (χ3v) is 10.6. The summed E-state index contributed by atoms with van der Waals surface area (Å²) in [7, 11) is 0.633. The molecule has 48 heavy (non-hydrogen) atoms. The van der Waals surface area contributed by atoms with Crippen molar-refractivity contribution in [2.45, 2.75) is 77.2 Å². The van der Waals surface area contributed by atoms with Crippen LogP contribution in [-0.4, -0.2) is 55.4 Å². The van der Waals surface area contributed by atoms with Gasteiger partial charge in [-0.25, -0.2) is 13.4 Å². The molecular weight excluding hydrogens is 638 g/mol. The molecule has 252 valence electrons. The molecule has 6 rings (SSSR count). The van der Waals surface area contributed by atoms with Crippen molar-refractivity contribution in [3.63, 3.8) is 0 Å². The van der Waals surface area contributed by atoms with E-state index in [0.29, 0.717) is 38.9 Å². The highest BCUT2D eigenvalue weighted by atomic mass is 32.2. The molecule has 0 bridgehead atoms. The van der Waals surface area contributed by atoms with Crippen LogP contribution in [0.2, 0.25) is 0 Å². The number of hydrogen-bond acceptors (Lipinski definition) is 6. The predicted molar refractivity (Wildman–Crippen MR) is 181 cm³/mol. The minimum Gasteiger partial charge on any atom is -0.478 e. The topological polar surface area (TPSA) is 139 Å². The van der Waals surface area contributed by atoms with Crippen LogP contribution in [0.5, 0.6) is 0 Å². The van der Waals surface area contributed by atoms with Crippen LogP contribution in [0.1, 0.15) is 96.8 Å². The number of benzene rings is 3. The van der Waals surface area contributed by atoms with Crippen LogP contribution in [0, 0.1) is 5.82 Å². The lowest BCUT2D eigenvalue weighted by Gasteiger charge is -2.32. The number of nitrogens with zero attached hydrogens (tertiary/aromatic N) is 1. The molecule has 0 radical (unpaired) electrons. The number of carboxylic acids is 1. The smallest absolute Gasteiger partial charge is 0.478 e. The molecule has 3 aromatic carbocycles. The van der Waals surface area contributed by atoms with Gasteiger partial charge in [-0.3, -0.25) is 9.35 Å². The second kappa shape index (κ2) is 12.5. The zero-order valence-corrected chi connectivity index (χ0v) is 28.4. The first-order valence-electron chi connectivity index (χ1n) is 15.8. The first-order chi connectivity index (χ1) is 22.6. The zero-order chi connectivity index (χ0) is 34.7. The summed E-state index contributed by atoms with van der Waals surface area (Å²) < 4.78 is 57.0. The summed E-state index contributed by atoms with van der Waals surface area (Å²) in [6.45, 7) is 9.32. The van der Waals surface area contributed by atoms with Gasteiger partial charge >= 0.3 is 13.1 Å². The lowest BCUT2D eigenvalue weighted by molar-refractivity contribution is 0.00578. The van der Waals surface area contributed by atoms with Crippen LogP contribution in [0.15, 0.2) is 59.0 Å². The summed E-state index contributed by atoms with van der Waals surface area (Å²) in [4.78, 5) is 25.6. The maximum Gasteiger partial charge on any atom is 0.495 e. The van der Waals surface area contributed by atoms with E-state index in [0.717, 1.165) is 24.0 Å². The van der Waals surface area contributed by atoms with Crippen molar-refractivity contribution >= 4 is 46.7 Å². The number of nitrogens with one attached hydrogen (secondary N) is 1. The first-order valence-corrected chi connectivity index (χ1v) is 16.9. The van der Waals surface area contributed by atoms with Crippen LogP contribution < -0.4 is 10.8 Å². The quantitative estimate of drug-likeness (QED) is 0.134. The number of carboxylic acid groups (broad SMARTS) is 1. The number of hydrogen-bond donors (Lipinski definition) is 3. The van der Waals surface area contributed by atoms with Crippen LogP contribution in [0.3, 0.4) is 0 Å². The molecule has 2 atom stereocenters. The normalized spacial score (nSPS) is 18.3. The van der Waals surface area contributed by atoms with Crippen molar-refractivity contribution in [1.82, 2.24) is 9.62 Å². The highest BCUT2D eigenvalue weighted by Crippen LogP contribution is 2.46. The molecule has 2 aliphatic rings. The molecule has 1 saturated heterocycles. The Morgan fingerprint density at radius 2 is 1.71 bits per heavy atom. The van der Waals surface area contributed by atoms with E-state index in [-0.39, 0.29) is 23.9 Å². The van der Waals surface area contributed by atoms with Gasteiger partial charge in [-0.1, -0.05) is 12.1 Å². The minimum atomic E-state index is -2.45. The van der Waals surface area contributed by atoms with Crippen LogP contribution in [0.4, 0.5) is 4.39 Å². The van der Waals surface area contributed by atoms with Crippen LogP contribution in [0.25, 0.3) is 22.3 Å². The summed E-state index contributed by atoms with van der Waals surface area (Å²) in [5.41, 5.74) is 2.46. The highest BCUT2D eigenvalue weighted by Gasteiger charge is 2.52. The SMILES string of the molecule is CNC(=O)c1c(-c2ccc(F)cc2)oc2cc(CN(C(C)c3ccc(B4OC(C)(C)C(C)(C)O4)c(C(=O)O)c3)S(=O)O)c(C3CC3)cc12. The van der Waals surface area contributed by atoms with Gasteiger partial charge in [-0.15, -0.1) is 0 Å². The van der Waals surface area contributed by atoms with Gasteiger partial charge in [0.2, 0.25) is 11.3 Å². The average molecular weight is 677 g/mol. The van der Waals surface area contributed by atoms with Gasteiger partial charge in [0.1, 0.15) is 17.2 Å². The molecule has 1 aliphatic heterocycles. The van der Waals surface area contributed by atoms with E-state index in [1.807, 2.05) is 33.8 Å². The summed E-state index contributed by atoms with van der Waals surface area (Å²) >= 11 is -2.45. The molecule has 13 heteroatoms. The van der Waals surface area contributed by atoms with Crippen molar-refractivity contribution in [1.29, 1.82) is 0 Å². The van der Waals surface area contributed by atoms with E-state index in [9.17, 15) is 27.8 Å². The van der Waals surface area contributed by atoms with E-state index >= 15 is 0 Å². The number of aromatic carboxylic acids is 1.